The average Bonchev–Trinajstić information content (AvgIpc) is 2.69. The number of aromatic carboxylic acids is 1. The number of benzene rings is 2. The summed E-state index contributed by atoms with van der Waals surface area (Å²) < 4.78 is 0. The maximum atomic E-state index is 11.1. The fourth-order valence-electron chi connectivity index (χ4n) is 7.61. The van der Waals surface area contributed by atoms with E-state index in [4.69, 9.17) is 5.11 Å². The Hall–Kier alpha value is -2.97. The topological polar surface area (TPSA) is 37.3 Å². The molecule has 2 aromatic carbocycles. The molecule has 4 bridgehead atoms. The maximum absolute atomic E-state index is 11.1. The summed E-state index contributed by atoms with van der Waals surface area (Å²) in [6, 6.07) is 15.5. The molecule has 0 aliphatic heterocycles. The molecule has 4 fully saturated rings. The van der Waals surface area contributed by atoms with Crippen LogP contribution in [0.1, 0.15) is 79.4 Å². The van der Waals surface area contributed by atoms with Gasteiger partial charge < -0.3 is 5.11 Å². The highest BCUT2D eigenvalue weighted by Gasteiger charge is 2.60. The molecular formula is C29H28O2. The Morgan fingerprint density at radius 3 is 2.13 bits per heavy atom. The number of carboxylic acid groups (broad SMARTS) is 1. The van der Waals surface area contributed by atoms with Gasteiger partial charge >= 0.3 is 5.97 Å². The number of rotatable bonds is 2. The monoisotopic (exact) mass is 408 g/mol. The van der Waals surface area contributed by atoms with Crippen LogP contribution in [0.5, 0.6) is 0 Å². The zero-order valence-corrected chi connectivity index (χ0v) is 18.3. The Kier molecular flexibility index (Phi) is 4.53. The van der Waals surface area contributed by atoms with Crippen molar-refractivity contribution in [3.05, 3.63) is 70.8 Å². The summed E-state index contributed by atoms with van der Waals surface area (Å²) in [5.74, 6) is 11.8. The third-order valence-corrected chi connectivity index (χ3v) is 7.71. The Morgan fingerprint density at radius 2 is 1.52 bits per heavy atom. The summed E-state index contributed by atoms with van der Waals surface area (Å²) in [5.41, 5.74) is 4.75. The molecule has 31 heavy (non-hydrogen) atoms. The second kappa shape index (κ2) is 7.03. The molecule has 0 spiro atoms. The van der Waals surface area contributed by atoms with E-state index in [2.05, 4.69) is 61.8 Å². The third-order valence-electron chi connectivity index (χ3n) is 7.71. The predicted octanol–water partition coefficient (Wildman–Crippen LogP) is 6.04. The van der Waals surface area contributed by atoms with Gasteiger partial charge in [0.05, 0.1) is 5.56 Å². The van der Waals surface area contributed by atoms with Gasteiger partial charge in [-0.1, -0.05) is 43.9 Å². The van der Waals surface area contributed by atoms with Gasteiger partial charge in [-0.2, -0.15) is 0 Å². The fourth-order valence-corrected chi connectivity index (χ4v) is 7.61. The Labute approximate surface area is 185 Å². The summed E-state index contributed by atoms with van der Waals surface area (Å²) in [5, 5.41) is 9.07. The zero-order chi connectivity index (χ0) is 21.7. The van der Waals surface area contributed by atoms with Crippen LogP contribution in [0.25, 0.3) is 0 Å². The van der Waals surface area contributed by atoms with Crippen LogP contribution in [-0.4, -0.2) is 11.1 Å². The SMILES string of the molecule is CC12CC3CC(C)(C1)CC(c1ccc(C#CC#Cc4cccc(C(=O)O)c4)cc1)(C3)C2. The molecule has 2 aromatic rings. The van der Waals surface area contributed by atoms with Gasteiger partial charge in [0.25, 0.3) is 0 Å². The van der Waals surface area contributed by atoms with Gasteiger partial charge in [0.1, 0.15) is 0 Å². The van der Waals surface area contributed by atoms with E-state index in [9.17, 15) is 4.79 Å². The molecule has 0 heterocycles. The van der Waals surface area contributed by atoms with Crippen LogP contribution in [0.4, 0.5) is 0 Å². The molecule has 4 aliphatic rings. The van der Waals surface area contributed by atoms with Gasteiger partial charge in [0.2, 0.25) is 0 Å². The van der Waals surface area contributed by atoms with E-state index in [0.717, 1.165) is 11.5 Å². The predicted molar refractivity (Wildman–Crippen MR) is 123 cm³/mol. The van der Waals surface area contributed by atoms with E-state index in [1.54, 1.807) is 24.3 Å². The number of carboxylic acids is 1. The molecule has 156 valence electrons. The molecule has 4 saturated carbocycles. The van der Waals surface area contributed by atoms with Crippen LogP contribution in [0, 0.1) is 40.4 Å². The smallest absolute Gasteiger partial charge is 0.335 e. The second-order valence-electron chi connectivity index (χ2n) is 10.9. The van der Waals surface area contributed by atoms with Crippen LogP contribution >= 0.6 is 0 Å². The summed E-state index contributed by atoms with van der Waals surface area (Å²) in [4.78, 5) is 11.1. The van der Waals surface area contributed by atoms with Crippen molar-refractivity contribution in [1.29, 1.82) is 0 Å². The lowest BCUT2D eigenvalue weighted by Gasteiger charge is -2.65. The lowest BCUT2D eigenvalue weighted by atomic mass is 9.39. The quantitative estimate of drug-likeness (QED) is 0.616. The van der Waals surface area contributed by atoms with Crippen molar-refractivity contribution >= 4 is 5.97 Å². The first-order valence-electron chi connectivity index (χ1n) is 11.2. The van der Waals surface area contributed by atoms with Crippen LogP contribution in [0.2, 0.25) is 0 Å². The van der Waals surface area contributed by atoms with Crippen molar-refractivity contribution in [2.75, 3.05) is 0 Å². The molecule has 0 radical (unpaired) electrons. The molecule has 2 atom stereocenters. The van der Waals surface area contributed by atoms with Gasteiger partial charge in [-0.25, -0.2) is 4.79 Å². The fraction of sp³-hybridized carbons (Fsp3) is 0.414. The Balaban J connectivity index is 1.34. The Bertz CT molecular complexity index is 1150. The van der Waals surface area contributed by atoms with Crippen molar-refractivity contribution in [3.63, 3.8) is 0 Å². The lowest BCUT2D eigenvalue weighted by Crippen LogP contribution is -2.56. The highest BCUT2D eigenvalue weighted by atomic mass is 16.4. The average molecular weight is 409 g/mol. The van der Waals surface area contributed by atoms with Crippen LogP contribution in [0.15, 0.2) is 48.5 Å². The minimum atomic E-state index is -0.947. The molecule has 2 heteroatoms. The van der Waals surface area contributed by atoms with Crippen molar-refractivity contribution in [3.8, 4) is 23.7 Å². The van der Waals surface area contributed by atoms with Gasteiger partial charge in [-0.05, 0) is 108 Å². The van der Waals surface area contributed by atoms with E-state index < -0.39 is 5.97 Å². The van der Waals surface area contributed by atoms with Gasteiger partial charge in [0.15, 0.2) is 0 Å². The van der Waals surface area contributed by atoms with Gasteiger partial charge in [-0.3, -0.25) is 0 Å². The van der Waals surface area contributed by atoms with Crippen LogP contribution < -0.4 is 0 Å². The van der Waals surface area contributed by atoms with E-state index in [1.807, 2.05) is 0 Å². The molecule has 4 aliphatic carbocycles. The standard InChI is InChI=1S/C29H28O2/c1-27-15-23-16-28(2,18-27)20-29(17-23,19-27)25-12-10-21(11-13-25)6-3-4-7-22-8-5-9-24(14-22)26(30)31/h5,8-14,23H,15-20H2,1-2H3,(H,30,31). The highest BCUT2D eigenvalue weighted by Crippen LogP contribution is 2.69. The maximum Gasteiger partial charge on any atom is 0.335 e. The van der Waals surface area contributed by atoms with Crippen molar-refractivity contribution in [2.24, 2.45) is 16.7 Å². The van der Waals surface area contributed by atoms with Crippen molar-refractivity contribution in [1.82, 2.24) is 0 Å². The summed E-state index contributed by atoms with van der Waals surface area (Å²) >= 11 is 0. The minimum absolute atomic E-state index is 0.239. The highest BCUT2D eigenvalue weighted by molar-refractivity contribution is 5.88. The van der Waals surface area contributed by atoms with Crippen LogP contribution in [-0.2, 0) is 5.41 Å². The third kappa shape index (κ3) is 3.77. The minimum Gasteiger partial charge on any atom is -0.478 e. The lowest BCUT2D eigenvalue weighted by molar-refractivity contribution is -0.110. The molecular weight excluding hydrogens is 380 g/mol. The first-order valence-corrected chi connectivity index (χ1v) is 11.2. The first kappa shape index (κ1) is 20.0. The summed E-state index contributed by atoms with van der Waals surface area (Å²) in [7, 11) is 0. The number of hydrogen-bond donors (Lipinski definition) is 1. The van der Waals surface area contributed by atoms with E-state index in [1.165, 1.54) is 44.1 Å². The van der Waals surface area contributed by atoms with E-state index >= 15 is 0 Å². The van der Waals surface area contributed by atoms with E-state index in [0.29, 0.717) is 21.8 Å². The second-order valence-corrected chi connectivity index (χ2v) is 10.9. The molecule has 2 unspecified atom stereocenters. The number of hydrogen-bond acceptors (Lipinski definition) is 1. The molecule has 6 rings (SSSR count). The largest absolute Gasteiger partial charge is 0.478 e. The number of carbonyl (C=O) groups is 1. The zero-order valence-electron chi connectivity index (χ0n) is 18.3. The van der Waals surface area contributed by atoms with Crippen molar-refractivity contribution < 1.29 is 9.90 Å². The van der Waals surface area contributed by atoms with Crippen LogP contribution in [0.3, 0.4) is 0 Å². The Morgan fingerprint density at radius 1 is 0.871 bits per heavy atom. The molecule has 0 saturated heterocycles. The van der Waals surface area contributed by atoms with E-state index in [-0.39, 0.29) is 5.56 Å². The first-order chi connectivity index (χ1) is 14.8. The summed E-state index contributed by atoms with van der Waals surface area (Å²) in [6.07, 6.45) is 8.25. The van der Waals surface area contributed by atoms with Gasteiger partial charge in [-0.15, -0.1) is 0 Å². The molecule has 0 amide bonds. The normalized spacial score (nSPS) is 32.5. The van der Waals surface area contributed by atoms with Gasteiger partial charge in [0, 0.05) is 11.1 Å². The molecule has 1 N–H and O–H groups in total. The summed E-state index contributed by atoms with van der Waals surface area (Å²) in [6.45, 7) is 5.05. The van der Waals surface area contributed by atoms with Crippen molar-refractivity contribution in [2.45, 2.75) is 57.8 Å². The molecule has 0 aromatic heterocycles. The molecule has 2 nitrogen and oxygen atoms in total.